The molecule has 22 heavy (non-hydrogen) atoms. The highest BCUT2D eigenvalue weighted by molar-refractivity contribution is 14.0. The quantitative estimate of drug-likeness (QED) is 0.406. The molecule has 0 saturated heterocycles. The zero-order valence-corrected chi connectivity index (χ0v) is 16.9. The molecule has 2 aromatic rings. The Balaban J connectivity index is 0.00000242. The molecule has 0 aliphatic rings. The molecule has 2 rings (SSSR count). The SMILES string of the molecule is CN=C(NCCn1ccnc1)N(C)Cc1cc(Br)cn1C.I. The summed E-state index contributed by atoms with van der Waals surface area (Å²) in [5.41, 5.74) is 1.22. The molecule has 0 aliphatic carbocycles. The molecule has 0 amide bonds. The Morgan fingerprint density at radius 2 is 2.27 bits per heavy atom. The summed E-state index contributed by atoms with van der Waals surface area (Å²) in [5, 5.41) is 3.36. The molecule has 0 spiro atoms. The Bertz CT molecular complexity index is 593. The average Bonchev–Trinajstić information content (AvgIpc) is 3.05. The van der Waals surface area contributed by atoms with Crippen LogP contribution in [0.4, 0.5) is 0 Å². The Kier molecular flexibility index (Phi) is 7.94. The van der Waals surface area contributed by atoms with E-state index in [-0.39, 0.29) is 24.0 Å². The smallest absolute Gasteiger partial charge is 0.193 e. The van der Waals surface area contributed by atoms with E-state index >= 15 is 0 Å². The topological polar surface area (TPSA) is 50.4 Å². The monoisotopic (exact) mass is 480 g/mol. The summed E-state index contributed by atoms with van der Waals surface area (Å²) in [6.45, 7) is 2.47. The Morgan fingerprint density at radius 3 is 2.82 bits per heavy atom. The molecule has 0 radical (unpaired) electrons. The van der Waals surface area contributed by atoms with Crippen molar-refractivity contribution in [3.05, 3.63) is 41.2 Å². The third-order valence-electron chi connectivity index (χ3n) is 3.26. The minimum absolute atomic E-state index is 0. The molecule has 0 atom stereocenters. The largest absolute Gasteiger partial charge is 0.354 e. The van der Waals surface area contributed by atoms with E-state index in [1.165, 1.54) is 5.69 Å². The van der Waals surface area contributed by atoms with Crippen LogP contribution in [-0.4, -0.2) is 45.6 Å². The van der Waals surface area contributed by atoms with Gasteiger partial charge in [-0.15, -0.1) is 24.0 Å². The van der Waals surface area contributed by atoms with Gasteiger partial charge in [-0.1, -0.05) is 0 Å². The van der Waals surface area contributed by atoms with Crippen molar-refractivity contribution in [3.63, 3.8) is 0 Å². The lowest BCUT2D eigenvalue weighted by atomic mass is 10.4. The molecular formula is C14H22BrIN6. The first-order valence-corrected chi connectivity index (χ1v) is 7.57. The van der Waals surface area contributed by atoms with Gasteiger partial charge >= 0.3 is 0 Å². The number of aliphatic imine (C=N–C) groups is 1. The second-order valence-electron chi connectivity index (χ2n) is 4.89. The molecule has 2 aromatic heterocycles. The number of halogens is 2. The predicted octanol–water partition coefficient (Wildman–Crippen LogP) is 2.31. The fourth-order valence-corrected chi connectivity index (χ4v) is 2.71. The number of aryl methyl sites for hydroxylation is 1. The lowest BCUT2D eigenvalue weighted by molar-refractivity contribution is 0.459. The summed E-state index contributed by atoms with van der Waals surface area (Å²) in [4.78, 5) is 10.5. The van der Waals surface area contributed by atoms with Crippen molar-refractivity contribution in [2.45, 2.75) is 13.1 Å². The first-order chi connectivity index (χ1) is 10.1. The van der Waals surface area contributed by atoms with Gasteiger partial charge in [0.1, 0.15) is 0 Å². The highest BCUT2D eigenvalue weighted by Gasteiger charge is 2.09. The number of guanidine groups is 1. The van der Waals surface area contributed by atoms with Crippen LogP contribution in [-0.2, 0) is 20.1 Å². The normalized spacial score (nSPS) is 11.2. The van der Waals surface area contributed by atoms with Gasteiger partial charge in [0, 0.05) is 63.0 Å². The van der Waals surface area contributed by atoms with Crippen LogP contribution in [0, 0.1) is 0 Å². The highest BCUT2D eigenvalue weighted by atomic mass is 127. The van der Waals surface area contributed by atoms with Gasteiger partial charge in [0.15, 0.2) is 5.96 Å². The van der Waals surface area contributed by atoms with Crippen molar-refractivity contribution in [1.82, 2.24) is 24.3 Å². The molecule has 0 aromatic carbocycles. The van der Waals surface area contributed by atoms with Crippen LogP contribution in [0.2, 0.25) is 0 Å². The number of nitrogens with one attached hydrogen (secondary N) is 1. The summed E-state index contributed by atoms with van der Waals surface area (Å²) < 4.78 is 5.24. The first-order valence-electron chi connectivity index (χ1n) is 6.78. The van der Waals surface area contributed by atoms with Crippen molar-refractivity contribution >= 4 is 45.9 Å². The van der Waals surface area contributed by atoms with Crippen molar-refractivity contribution in [3.8, 4) is 0 Å². The summed E-state index contributed by atoms with van der Waals surface area (Å²) in [6, 6.07) is 2.12. The maximum atomic E-state index is 4.33. The minimum atomic E-state index is 0. The number of nitrogens with zero attached hydrogens (tertiary/aromatic N) is 5. The van der Waals surface area contributed by atoms with Crippen LogP contribution in [0.15, 0.2) is 40.4 Å². The van der Waals surface area contributed by atoms with E-state index in [1.807, 2.05) is 31.2 Å². The average molecular weight is 481 g/mol. The molecule has 1 N–H and O–H groups in total. The van der Waals surface area contributed by atoms with Crippen molar-refractivity contribution in [2.75, 3.05) is 20.6 Å². The Morgan fingerprint density at radius 1 is 1.50 bits per heavy atom. The lowest BCUT2D eigenvalue weighted by Gasteiger charge is -2.22. The maximum absolute atomic E-state index is 4.33. The van der Waals surface area contributed by atoms with Crippen LogP contribution in [0.25, 0.3) is 0 Å². The molecular weight excluding hydrogens is 459 g/mol. The summed E-state index contributed by atoms with van der Waals surface area (Å²) >= 11 is 3.50. The van der Waals surface area contributed by atoms with Gasteiger partial charge < -0.3 is 19.4 Å². The fourth-order valence-electron chi connectivity index (χ4n) is 2.14. The Labute approximate surface area is 156 Å². The first kappa shape index (κ1) is 19.0. The minimum Gasteiger partial charge on any atom is -0.354 e. The summed E-state index contributed by atoms with van der Waals surface area (Å²) in [6.07, 6.45) is 7.61. The maximum Gasteiger partial charge on any atom is 0.193 e. The molecule has 0 bridgehead atoms. The summed E-state index contributed by atoms with van der Waals surface area (Å²) in [7, 11) is 5.88. The van der Waals surface area contributed by atoms with E-state index in [9.17, 15) is 0 Å². The van der Waals surface area contributed by atoms with E-state index in [2.05, 4.69) is 53.0 Å². The number of aromatic nitrogens is 3. The van der Waals surface area contributed by atoms with Crippen LogP contribution in [0.1, 0.15) is 5.69 Å². The predicted molar refractivity (Wildman–Crippen MR) is 104 cm³/mol. The van der Waals surface area contributed by atoms with E-state index < -0.39 is 0 Å². The van der Waals surface area contributed by atoms with Gasteiger partial charge in [0.25, 0.3) is 0 Å². The molecule has 2 heterocycles. The standard InChI is InChI=1S/C14H21BrN6.HI/c1-16-14(18-5-7-21-6-4-17-11-21)20(3)10-13-8-12(15)9-19(13)2;/h4,6,8-9,11H,5,7,10H2,1-3H3,(H,16,18);1H. The fraction of sp³-hybridized carbons (Fsp3) is 0.429. The van der Waals surface area contributed by atoms with Crippen LogP contribution in [0.3, 0.4) is 0 Å². The van der Waals surface area contributed by atoms with E-state index in [1.54, 1.807) is 13.2 Å². The molecule has 0 saturated carbocycles. The van der Waals surface area contributed by atoms with E-state index in [0.29, 0.717) is 0 Å². The number of hydrogen-bond acceptors (Lipinski definition) is 2. The van der Waals surface area contributed by atoms with Crippen LogP contribution < -0.4 is 5.32 Å². The van der Waals surface area contributed by atoms with Gasteiger partial charge in [-0.05, 0) is 22.0 Å². The highest BCUT2D eigenvalue weighted by Crippen LogP contribution is 2.14. The second kappa shape index (κ2) is 9.19. The van der Waals surface area contributed by atoms with E-state index in [0.717, 1.165) is 30.1 Å². The van der Waals surface area contributed by atoms with Gasteiger partial charge in [-0.25, -0.2) is 4.98 Å². The lowest BCUT2D eigenvalue weighted by Crippen LogP contribution is -2.40. The number of rotatable bonds is 5. The van der Waals surface area contributed by atoms with Crippen molar-refractivity contribution < 1.29 is 0 Å². The third kappa shape index (κ3) is 5.31. The van der Waals surface area contributed by atoms with Gasteiger partial charge in [-0.2, -0.15) is 0 Å². The van der Waals surface area contributed by atoms with Gasteiger partial charge in [-0.3, -0.25) is 4.99 Å². The molecule has 0 fully saturated rings. The zero-order chi connectivity index (χ0) is 15.2. The summed E-state index contributed by atoms with van der Waals surface area (Å²) in [5.74, 6) is 0.882. The van der Waals surface area contributed by atoms with Gasteiger partial charge in [0.05, 0.1) is 12.9 Å². The van der Waals surface area contributed by atoms with Crippen molar-refractivity contribution in [2.24, 2.45) is 12.0 Å². The third-order valence-corrected chi connectivity index (χ3v) is 3.69. The molecule has 6 nitrogen and oxygen atoms in total. The van der Waals surface area contributed by atoms with Gasteiger partial charge in [0.2, 0.25) is 0 Å². The van der Waals surface area contributed by atoms with Crippen molar-refractivity contribution in [1.29, 1.82) is 0 Å². The number of imidazole rings is 1. The Hall–Kier alpha value is -1.03. The second-order valence-corrected chi connectivity index (χ2v) is 5.81. The van der Waals surface area contributed by atoms with Crippen LogP contribution in [0.5, 0.6) is 0 Å². The molecule has 122 valence electrons. The van der Waals surface area contributed by atoms with Crippen LogP contribution >= 0.6 is 39.9 Å². The van der Waals surface area contributed by atoms with E-state index in [4.69, 9.17) is 0 Å². The number of hydrogen-bond donors (Lipinski definition) is 1. The molecule has 8 heteroatoms. The molecule has 0 aliphatic heterocycles. The zero-order valence-electron chi connectivity index (χ0n) is 13.0. The molecule has 0 unspecified atom stereocenters.